The molecular weight excluding hydrogens is 180 g/mol. The van der Waals surface area contributed by atoms with E-state index in [1.54, 1.807) is 0 Å². The summed E-state index contributed by atoms with van der Waals surface area (Å²) in [5.41, 5.74) is 8.09. The van der Waals surface area contributed by atoms with E-state index in [0.29, 0.717) is 0 Å². The monoisotopic (exact) mass is 185 g/mol. The highest BCUT2D eigenvalue weighted by molar-refractivity contribution is 7.83. The SMILES string of the molecule is [N-]=[N+]=C1C=C(S(=O)[O-])CCC1=O. The van der Waals surface area contributed by atoms with Crippen molar-refractivity contribution in [2.24, 2.45) is 0 Å². The molecule has 5 nitrogen and oxygen atoms in total. The number of Topliss-reactive ketones (excluding diaryl/α,β-unsaturated/α-hetero) is 1. The van der Waals surface area contributed by atoms with Gasteiger partial charge in [0, 0.05) is 17.4 Å². The molecule has 12 heavy (non-hydrogen) atoms. The number of hydrogen-bond acceptors (Lipinski definition) is 3. The van der Waals surface area contributed by atoms with Crippen LogP contribution in [0.15, 0.2) is 11.0 Å². The molecule has 64 valence electrons. The molecule has 0 bridgehead atoms. The average molecular weight is 185 g/mol. The van der Waals surface area contributed by atoms with Crippen molar-refractivity contribution in [2.75, 3.05) is 0 Å². The molecule has 0 aromatic rings. The lowest BCUT2D eigenvalue weighted by Gasteiger charge is -2.11. The lowest BCUT2D eigenvalue weighted by atomic mass is 10.0. The van der Waals surface area contributed by atoms with Crippen molar-refractivity contribution in [3.63, 3.8) is 0 Å². The Kier molecular flexibility index (Phi) is 2.65. The van der Waals surface area contributed by atoms with Gasteiger partial charge in [0.25, 0.3) is 0 Å². The Bertz CT molecular complexity index is 328. The Morgan fingerprint density at radius 3 is 2.75 bits per heavy atom. The van der Waals surface area contributed by atoms with E-state index in [-0.39, 0.29) is 29.2 Å². The standard InChI is InChI=1S/C6H6N2O3S/c7-8-5-3-4(12(10)11)1-2-6(5)9/h3H,1-2H2,(H,10,11)/p-1. The Morgan fingerprint density at radius 2 is 2.25 bits per heavy atom. The van der Waals surface area contributed by atoms with E-state index in [2.05, 4.69) is 4.79 Å². The first kappa shape index (κ1) is 8.99. The molecule has 1 rings (SSSR count). The first-order valence-corrected chi connectivity index (χ1v) is 4.27. The van der Waals surface area contributed by atoms with Gasteiger partial charge in [-0.15, -0.1) is 0 Å². The molecule has 1 aliphatic rings. The van der Waals surface area contributed by atoms with E-state index in [4.69, 9.17) is 5.53 Å². The fourth-order valence-corrected chi connectivity index (χ4v) is 1.36. The molecule has 1 atom stereocenters. The second-order valence-electron chi connectivity index (χ2n) is 2.25. The van der Waals surface area contributed by atoms with Gasteiger partial charge in [0.2, 0.25) is 5.78 Å². The number of ketones is 1. The van der Waals surface area contributed by atoms with Crippen molar-refractivity contribution in [1.29, 1.82) is 0 Å². The number of carbonyl (C=O) groups is 1. The van der Waals surface area contributed by atoms with Gasteiger partial charge in [0.05, 0.1) is 0 Å². The van der Waals surface area contributed by atoms with E-state index in [0.717, 1.165) is 6.08 Å². The summed E-state index contributed by atoms with van der Waals surface area (Å²) >= 11 is -2.32. The first-order valence-electron chi connectivity index (χ1n) is 3.20. The van der Waals surface area contributed by atoms with E-state index < -0.39 is 11.1 Å². The third-order valence-corrected chi connectivity index (χ3v) is 2.25. The molecule has 0 heterocycles. The number of carbonyl (C=O) groups excluding carboxylic acids is 1. The smallest absolute Gasteiger partial charge is 0.358 e. The highest BCUT2D eigenvalue weighted by atomic mass is 32.2. The lowest BCUT2D eigenvalue weighted by molar-refractivity contribution is -0.117. The topological polar surface area (TPSA) is 93.6 Å². The van der Waals surface area contributed by atoms with Crippen LogP contribution in [0, 0.1) is 0 Å². The number of rotatable bonds is 1. The summed E-state index contributed by atoms with van der Waals surface area (Å²) in [6, 6.07) is 0. The van der Waals surface area contributed by atoms with Crippen molar-refractivity contribution >= 4 is 22.6 Å². The fraction of sp³-hybridized carbons (Fsp3) is 0.333. The molecule has 0 aromatic carbocycles. The van der Waals surface area contributed by atoms with Crippen LogP contribution in [-0.4, -0.2) is 25.0 Å². The summed E-state index contributed by atoms with van der Waals surface area (Å²) in [5.74, 6) is -0.341. The van der Waals surface area contributed by atoms with Gasteiger partial charge in [-0.2, -0.15) is 4.79 Å². The lowest BCUT2D eigenvalue weighted by Crippen LogP contribution is -2.19. The molecule has 0 radical (unpaired) electrons. The maximum Gasteiger partial charge on any atom is 0.358 e. The predicted molar refractivity (Wildman–Crippen MR) is 39.9 cm³/mol. The van der Waals surface area contributed by atoms with Crippen molar-refractivity contribution < 1.29 is 18.3 Å². The molecule has 0 spiro atoms. The second kappa shape index (κ2) is 3.53. The molecule has 0 saturated heterocycles. The zero-order chi connectivity index (χ0) is 9.14. The molecular formula is C6H5N2O3S-. The predicted octanol–water partition coefficient (Wildman–Crippen LogP) is -0.217. The highest BCUT2D eigenvalue weighted by Gasteiger charge is 2.23. The minimum Gasteiger partial charge on any atom is -0.769 e. The average Bonchev–Trinajstić information content (AvgIpc) is 2.05. The first-order chi connectivity index (χ1) is 5.65. The molecule has 0 aliphatic heterocycles. The Hall–Kier alpha value is -1.10. The molecule has 0 fully saturated rings. The molecule has 1 unspecified atom stereocenters. The normalized spacial score (nSPS) is 19.9. The molecule has 6 heteroatoms. The molecule has 0 aromatic heterocycles. The van der Waals surface area contributed by atoms with Crippen LogP contribution in [0.2, 0.25) is 0 Å². The molecule has 1 aliphatic carbocycles. The summed E-state index contributed by atoms with van der Waals surface area (Å²) in [5, 5.41) is 0. The van der Waals surface area contributed by atoms with Crippen molar-refractivity contribution in [1.82, 2.24) is 0 Å². The van der Waals surface area contributed by atoms with Crippen molar-refractivity contribution in [3.05, 3.63) is 16.5 Å². The van der Waals surface area contributed by atoms with Crippen LogP contribution >= 0.6 is 0 Å². The van der Waals surface area contributed by atoms with Gasteiger partial charge in [0.1, 0.15) is 0 Å². The zero-order valence-corrected chi connectivity index (χ0v) is 6.84. The molecule has 0 N–H and O–H groups in total. The summed E-state index contributed by atoms with van der Waals surface area (Å²) < 4.78 is 20.8. The van der Waals surface area contributed by atoms with Crippen LogP contribution in [0.4, 0.5) is 0 Å². The van der Waals surface area contributed by atoms with Gasteiger partial charge in [-0.3, -0.25) is 9.00 Å². The van der Waals surface area contributed by atoms with Gasteiger partial charge >= 0.3 is 5.71 Å². The minimum atomic E-state index is -2.32. The van der Waals surface area contributed by atoms with E-state index in [1.165, 1.54) is 0 Å². The van der Waals surface area contributed by atoms with E-state index in [1.807, 2.05) is 0 Å². The minimum absolute atomic E-state index is 0.0825. The largest absolute Gasteiger partial charge is 0.769 e. The molecule has 0 saturated carbocycles. The summed E-state index contributed by atoms with van der Waals surface area (Å²) in [4.78, 5) is 13.6. The van der Waals surface area contributed by atoms with Crippen LogP contribution in [0.25, 0.3) is 5.53 Å². The van der Waals surface area contributed by atoms with Crippen molar-refractivity contribution in [2.45, 2.75) is 12.8 Å². The maximum absolute atomic E-state index is 10.9. The maximum atomic E-state index is 10.9. The van der Waals surface area contributed by atoms with Crippen LogP contribution < -0.4 is 0 Å². The number of allylic oxidation sites excluding steroid dienone is 2. The fourth-order valence-electron chi connectivity index (χ4n) is 0.886. The Labute approximate surface area is 71.0 Å². The quantitative estimate of drug-likeness (QED) is 0.321. The Balaban J connectivity index is 3.04. The van der Waals surface area contributed by atoms with E-state index in [9.17, 15) is 13.6 Å². The Morgan fingerprint density at radius 1 is 1.58 bits per heavy atom. The van der Waals surface area contributed by atoms with Gasteiger partial charge < -0.3 is 10.1 Å². The van der Waals surface area contributed by atoms with Crippen LogP contribution in [0.3, 0.4) is 0 Å². The number of nitrogens with zero attached hydrogens (tertiary/aromatic N) is 2. The zero-order valence-electron chi connectivity index (χ0n) is 6.02. The van der Waals surface area contributed by atoms with Gasteiger partial charge in [-0.25, -0.2) is 0 Å². The molecule has 0 amide bonds. The third-order valence-electron chi connectivity index (χ3n) is 1.50. The number of hydrogen-bond donors (Lipinski definition) is 0. The van der Waals surface area contributed by atoms with Crippen LogP contribution in [0.5, 0.6) is 0 Å². The van der Waals surface area contributed by atoms with Crippen LogP contribution in [0.1, 0.15) is 12.8 Å². The highest BCUT2D eigenvalue weighted by Crippen LogP contribution is 2.14. The van der Waals surface area contributed by atoms with Crippen molar-refractivity contribution in [3.8, 4) is 0 Å². The summed E-state index contributed by atoms with van der Waals surface area (Å²) in [6.07, 6.45) is 1.35. The second-order valence-corrected chi connectivity index (χ2v) is 3.25. The van der Waals surface area contributed by atoms with Gasteiger partial charge in [0.15, 0.2) is 0 Å². The van der Waals surface area contributed by atoms with Gasteiger partial charge in [-0.1, -0.05) is 0 Å². The van der Waals surface area contributed by atoms with Crippen LogP contribution in [-0.2, 0) is 15.9 Å². The van der Waals surface area contributed by atoms with Gasteiger partial charge in [-0.05, 0) is 17.5 Å². The summed E-state index contributed by atoms with van der Waals surface area (Å²) in [7, 11) is 0. The van der Waals surface area contributed by atoms with E-state index >= 15 is 0 Å². The third kappa shape index (κ3) is 1.73. The summed E-state index contributed by atoms with van der Waals surface area (Å²) in [6.45, 7) is 0.